The molecule has 2 aromatic rings. The first-order chi connectivity index (χ1) is 8.90. The molecule has 0 aliphatic heterocycles. The Morgan fingerprint density at radius 2 is 1.84 bits per heavy atom. The van der Waals surface area contributed by atoms with Crippen molar-refractivity contribution in [3.63, 3.8) is 0 Å². The van der Waals surface area contributed by atoms with E-state index >= 15 is 0 Å². The zero-order valence-corrected chi connectivity index (χ0v) is 12.1. The largest absolute Gasteiger partial charge is 0.361 e. The minimum absolute atomic E-state index is 0.000631. The maximum absolute atomic E-state index is 12.1. The first-order valence-electron chi connectivity index (χ1n) is 6.49. The first kappa shape index (κ1) is 13.5. The number of nitrogens with zero attached hydrogens (tertiary/aromatic N) is 1. The average Bonchev–Trinajstić information content (AvgIpc) is 2.67. The van der Waals surface area contributed by atoms with E-state index in [0.717, 1.165) is 33.7 Å². The number of ketones is 1. The van der Waals surface area contributed by atoms with Gasteiger partial charge in [-0.1, -0.05) is 25.1 Å². The third-order valence-electron chi connectivity index (χ3n) is 3.21. The lowest BCUT2D eigenvalue weighted by atomic mass is 9.94. The summed E-state index contributed by atoms with van der Waals surface area (Å²) in [6, 6.07) is 5.93. The fourth-order valence-electron chi connectivity index (χ4n) is 2.30. The van der Waals surface area contributed by atoms with E-state index in [1.165, 1.54) is 0 Å². The van der Waals surface area contributed by atoms with Crippen molar-refractivity contribution in [2.75, 3.05) is 0 Å². The highest BCUT2D eigenvalue weighted by Gasteiger charge is 2.16. The van der Waals surface area contributed by atoms with Crippen LogP contribution in [0.3, 0.4) is 0 Å². The second kappa shape index (κ2) is 5.00. The van der Waals surface area contributed by atoms with E-state index in [9.17, 15) is 4.79 Å². The Bertz CT molecular complexity index is 604. The van der Waals surface area contributed by atoms with Gasteiger partial charge in [0.2, 0.25) is 0 Å². The topological polar surface area (TPSA) is 43.1 Å². The van der Waals surface area contributed by atoms with Crippen LogP contribution in [-0.4, -0.2) is 10.9 Å². The number of rotatable bonds is 3. The van der Waals surface area contributed by atoms with Crippen molar-refractivity contribution in [1.29, 1.82) is 0 Å². The van der Waals surface area contributed by atoms with Gasteiger partial charge < -0.3 is 4.52 Å². The lowest BCUT2D eigenvalue weighted by Gasteiger charge is -2.09. The monoisotopic (exact) mass is 257 g/mol. The summed E-state index contributed by atoms with van der Waals surface area (Å²) in [5, 5.41) is 3.97. The predicted octanol–water partition coefficient (Wildman–Crippen LogP) is 4.11. The molecule has 0 saturated carbocycles. The summed E-state index contributed by atoms with van der Waals surface area (Å²) in [6.45, 7) is 9.64. The molecule has 0 aliphatic rings. The van der Waals surface area contributed by atoms with Crippen LogP contribution in [0.1, 0.15) is 41.2 Å². The number of aryl methyl sites for hydroxylation is 3. The molecule has 0 saturated heterocycles. The first-order valence-corrected chi connectivity index (χ1v) is 6.49. The third-order valence-corrected chi connectivity index (χ3v) is 3.21. The van der Waals surface area contributed by atoms with Crippen molar-refractivity contribution in [1.82, 2.24) is 5.16 Å². The van der Waals surface area contributed by atoms with Gasteiger partial charge in [-0.2, -0.15) is 0 Å². The summed E-state index contributed by atoms with van der Waals surface area (Å²) in [5.74, 6) is 0.946. The van der Waals surface area contributed by atoms with E-state index in [1.54, 1.807) is 0 Å². The summed E-state index contributed by atoms with van der Waals surface area (Å²) >= 11 is 0. The van der Waals surface area contributed by atoms with Crippen molar-refractivity contribution in [2.24, 2.45) is 5.92 Å². The van der Waals surface area contributed by atoms with Gasteiger partial charge in [-0.25, -0.2) is 0 Å². The summed E-state index contributed by atoms with van der Waals surface area (Å²) in [5.41, 5.74) is 4.67. The summed E-state index contributed by atoms with van der Waals surface area (Å²) in [7, 11) is 0. The Morgan fingerprint density at radius 3 is 2.37 bits per heavy atom. The van der Waals surface area contributed by atoms with Gasteiger partial charge in [-0.3, -0.25) is 4.79 Å². The second-order valence-electron chi connectivity index (χ2n) is 5.31. The van der Waals surface area contributed by atoms with Gasteiger partial charge in [0.1, 0.15) is 5.76 Å². The summed E-state index contributed by atoms with van der Waals surface area (Å²) in [4.78, 5) is 12.1. The predicted molar refractivity (Wildman–Crippen MR) is 75.3 cm³/mol. The van der Waals surface area contributed by atoms with Gasteiger partial charge in [-0.05, 0) is 44.0 Å². The fourth-order valence-corrected chi connectivity index (χ4v) is 2.30. The maximum Gasteiger partial charge on any atom is 0.165 e. The van der Waals surface area contributed by atoms with E-state index in [2.05, 4.69) is 11.2 Å². The van der Waals surface area contributed by atoms with Crippen LogP contribution < -0.4 is 0 Å². The molecule has 0 fully saturated rings. The number of carbonyl (C=O) groups is 1. The van der Waals surface area contributed by atoms with Crippen LogP contribution in [-0.2, 0) is 0 Å². The molecule has 2 rings (SSSR count). The van der Waals surface area contributed by atoms with Crippen LogP contribution in [0.4, 0.5) is 0 Å². The molecule has 1 aromatic carbocycles. The van der Waals surface area contributed by atoms with Crippen molar-refractivity contribution in [3.8, 4) is 11.1 Å². The van der Waals surface area contributed by atoms with Crippen LogP contribution in [0.15, 0.2) is 22.7 Å². The zero-order chi connectivity index (χ0) is 14.2. The molecule has 0 amide bonds. The molecule has 0 N–H and O–H groups in total. The number of benzene rings is 1. The average molecular weight is 257 g/mol. The SMILES string of the molecule is Cc1cc(C(=O)C(C)C)cc(-c2c(C)noc2C)c1. The Labute approximate surface area is 113 Å². The molecule has 0 bridgehead atoms. The smallest absolute Gasteiger partial charge is 0.165 e. The molecule has 0 aliphatic carbocycles. The van der Waals surface area contributed by atoms with Crippen LogP contribution >= 0.6 is 0 Å². The van der Waals surface area contributed by atoms with Crippen molar-refractivity contribution < 1.29 is 9.32 Å². The Kier molecular flexibility index (Phi) is 3.56. The third kappa shape index (κ3) is 2.60. The van der Waals surface area contributed by atoms with Gasteiger partial charge in [0.05, 0.1) is 5.69 Å². The van der Waals surface area contributed by atoms with Crippen molar-refractivity contribution >= 4 is 5.78 Å². The number of carbonyl (C=O) groups excluding carboxylic acids is 1. The Morgan fingerprint density at radius 1 is 1.16 bits per heavy atom. The Hall–Kier alpha value is -1.90. The molecule has 0 unspecified atom stereocenters. The van der Waals surface area contributed by atoms with E-state index < -0.39 is 0 Å². The van der Waals surface area contributed by atoms with Crippen LogP contribution in [0.5, 0.6) is 0 Å². The van der Waals surface area contributed by atoms with Gasteiger partial charge in [0.25, 0.3) is 0 Å². The molecular formula is C16H19NO2. The van der Waals surface area contributed by atoms with Gasteiger partial charge >= 0.3 is 0 Å². The molecule has 3 heteroatoms. The molecule has 1 aromatic heterocycles. The maximum atomic E-state index is 12.1. The lowest BCUT2D eigenvalue weighted by Crippen LogP contribution is -2.07. The second-order valence-corrected chi connectivity index (χ2v) is 5.31. The van der Waals surface area contributed by atoms with Gasteiger partial charge in [-0.15, -0.1) is 0 Å². The molecule has 0 atom stereocenters. The van der Waals surface area contributed by atoms with Crippen LogP contribution in [0.2, 0.25) is 0 Å². The summed E-state index contributed by atoms with van der Waals surface area (Å²) in [6.07, 6.45) is 0. The van der Waals surface area contributed by atoms with E-state index in [1.807, 2.05) is 46.8 Å². The highest BCUT2D eigenvalue weighted by atomic mass is 16.5. The minimum atomic E-state index is -0.000631. The molecule has 100 valence electrons. The molecule has 3 nitrogen and oxygen atoms in total. The molecular weight excluding hydrogens is 238 g/mol. The molecule has 0 radical (unpaired) electrons. The number of hydrogen-bond donors (Lipinski definition) is 0. The van der Waals surface area contributed by atoms with E-state index in [0.29, 0.717) is 0 Å². The summed E-state index contributed by atoms with van der Waals surface area (Å²) < 4.78 is 5.20. The number of aromatic nitrogens is 1. The lowest BCUT2D eigenvalue weighted by molar-refractivity contribution is 0.0939. The zero-order valence-electron chi connectivity index (χ0n) is 12.1. The van der Waals surface area contributed by atoms with E-state index in [-0.39, 0.29) is 11.7 Å². The molecule has 19 heavy (non-hydrogen) atoms. The minimum Gasteiger partial charge on any atom is -0.361 e. The number of Topliss-reactive ketones (excluding diaryl/α,β-unsaturated/α-hetero) is 1. The quantitative estimate of drug-likeness (QED) is 0.777. The molecule has 0 spiro atoms. The number of hydrogen-bond acceptors (Lipinski definition) is 3. The Balaban J connectivity index is 2.57. The highest BCUT2D eigenvalue weighted by molar-refractivity contribution is 5.98. The standard InChI is InChI=1S/C16H19NO2/c1-9(2)16(18)14-7-10(3)6-13(8-14)15-11(4)17-19-12(15)5/h6-9H,1-5H3. The fraction of sp³-hybridized carbons (Fsp3) is 0.375. The van der Waals surface area contributed by atoms with E-state index in [4.69, 9.17) is 4.52 Å². The highest BCUT2D eigenvalue weighted by Crippen LogP contribution is 2.29. The van der Waals surface area contributed by atoms with Gasteiger partial charge in [0.15, 0.2) is 5.78 Å². The van der Waals surface area contributed by atoms with Gasteiger partial charge in [0, 0.05) is 17.0 Å². The van der Waals surface area contributed by atoms with Crippen LogP contribution in [0.25, 0.3) is 11.1 Å². The van der Waals surface area contributed by atoms with Crippen molar-refractivity contribution in [3.05, 3.63) is 40.8 Å². The van der Waals surface area contributed by atoms with Crippen molar-refractivity contribution in [2.45, 2.75) is 34.6 Å². The molecule has 1 heterocycles. The van der Waals surface area contributed by atoms with Crippen LogP contribution in [0, 0.1) is 26.7 Å². The normalized spacial score (nSPS) is 11.1.